The molecule has 0 saturated carbocycles. The SMILES string of the molecule is CC(C)CCc1ccc(-c2ccc(C3=CC4SC(CC(C)C)=CC4S3)c3nsnc23)c(O)c1. The van der Waals surface area contributed by atoms with Gasteiger partial charge in [0, 0.05) is 32.1 Å². The highest BCUT2D eigenvalue weighted by Crippen LogP contribution is 2.52. The van der Waals surface area contributed by atoms with E-state index in [-0.39, 0.29) is 0 Å². The van der Waals surface area contributed by atoms with E-state index in [4.69, 9.17) is 0 Å². The minimum absolute atomic E-state index is 0.321. The van der Waals surface area contributed by atoms with Crippen LogP contribution in [-0.4, -0.2) is 24.4 Å². The molecule has 1 aromatic heterocycles. The van der Waals surface area contributed by atoms with Crippen LogP contribution in [0.2, 0.25) is 0 Å². The predicted molar refractivity (Wildman–Crippen MR) is 146 cm³/mol. The summed E-state index contributed by atoms with van der Waals surface area (Å²) in [4.78, 5) is 2.83. The molecule has 2 aliphatic heterocycles. The van der Waals surface area contributed by atoms with Gasteiger partial charge in [0.05, 0.1) is 11.7 Å². The van der Waals surface area contributed by atoms with E-state index in [1.54, 1.807) is 0 Å². The number of aryl methyl sites for hydroxylation is 1. The fourth-order valence-electron chi connectivity index (χ4n) is 4.49. The fourth-order valence-corrected chi connectivity index (χ4v) is 8.25. The number of aromatic nitrogens is 2. The van der Waals surface area contributed by atoms with E-state index in [0.29, 0.717) is 28.1 Å². The molecule has 0 aliphatic carbocycles. The van der Waals surface area contributed by atoms with Crippen LogP contribution in [0.5, 0.6) is 5.75 Å². The third kappa shape index (κ3) is 4.75. The lowest BCUT2D eigenvalue weighted by Gasteiger charge is -2.11. The van der Waals surface area contributed by atoms with Crippen molar-refractivity contribution < 1.29 is 5.11 Å². The topological polar surface area (TPSA) is 46.0 Å². The van der Waals surface area contributed by atoms with Crippen LogP contribution >= 0.6 is 35.3 Å². The van der Waals surface area contributed by atoms with Crippen LogP contribution in [-0.2, 0) is 6.42 Å². The Balaban J connectivity index is 1.42. The van der Waals surface area contributed by atoms with Crippen LogP contribution in [0.1, 0.15) is 51.7 Å². The number of nitrogens with zero attached hydrogens (tertiary/aromatic N) is 2. The van der Waals surface area contributed by atoms with Crippen molar-refractivity contribution in [3.8, 4) is 16.9 Å². The van der Waals surface area contributed by atoms with Crippen molar-refractivity contribution in [2.45, 2.75) is 57.5 Å². The van der Waals surface area contributed by atoms with Gasteiger partial charge in [0.2, 0.25) is 0 Å². The van der Waals surface area contributed by atoms with Gasteiger partial charge < -0.3 is 5.11 Å². The summed E-state index contributed by atoms with van der Waals surface area (Å²) in [7, 11) is 0. The van der Waals surface area contributed by atoms with Gasteiger partial charge in [-0.3, -0.25) is 0 Å². The predicted octanol–water partition coefficient (Wildman–Crippen LogP) is 8.15. The maximum atomic E-state index is 10.8. The van der Waals surface area contributed by atoms with E-state index >= 15 is 0 Å². The van der Waals surface area contributed by atoms with Crippen LogP contribution in [0.25, 0.3) is 27.1 Å². The standard InChI is InChI=1S/C27H30N2OS3/c1-15(2)5-6-17-7-8-19(22(30)12-17)20-9-10-21(27-26(20)28-33-29-27)23-14-25-24(32-23)13-18(31-25)11-16(3)4/h7-10,12-16,24-25,30H,5-6,11H2,1-4H3. The molecule has 0 radical (unpaired) electrons. The number of thioether (sulfide) groups is 2. The van der Waals surface area contributed by atoms with Crippen LogP contribution in [0, 0.1) is 11.8 Å². The molecule has 0 saturated heterocycles. The first-order chi connectivity index (χ1) is 15.9. The lowest BCUT2D eigenvalue weighted by atomic mass is 9.96. The summed E-state index contributed by atoms with van der Waals surface area (Å²) in [5.74, 6) is 1.67. The maximum absolute atomic E-state index is 10.8. The van der Waals surface area contributed by atoms with E-state index in [1.165, 1.54) is 33.5 Å². The van der Waals surface area contributed by atoms with Crippen LogP contribution in [0.3, 0.4) is 0 Å². The number of fused-ring (bicyclic) bond motifs is 2. The van der Waals surface area contributed by atoms with E-state index in [2.05, 4.69) is 66.8 Å². The molecule has 3 heterocycles. The molecule has 5 rings (SSSR count). The van der Waals surface area contributed by atoms with Gasteiger partial charge in [0.25, 0.3) is 0 Å². The molecule has 2 unspecified atom stereocenters. The molecule has 0 fully saturated rings. The molecule has 0 amide bonds. The number of benzene rings is 2. The Bertz CT molecular complexity index is 1240. The molecule has 2 aromatic carbocycles. The molecule has 172 valence electrons. The number of hydrogen-bond donors (Lipinski definition) is 1. The van der Waals surface area contributed by atoms with E-state index < -0.39 is 0 Å². The van der Waals surface area contributed by atoms with Crippen molar-refractivity contribution in [3.63, 3.8) is 0 Å². The van der Waals surface area contributed by atoms with E-state index in [0.717, 1.165) is 40.6 Å². The van der Waals surface area contributed by atoms with Gasteiger partial charge in [-0.2, -0.15) is 8.75 Å². The molecule has 1 N–H and O–H groups in total. The van der Waals surface area contributed by atoms with Gasteiger partial charge in [-0.1, -0.05) is 64.1 Å². The smallest absolute Gasteiger partial charge is 0.123 e. The molecule has 0 spiro atoms. The molecule has 3 nitrogen and oxygen atoms in total. The molecule has 33 heavy (non-hydrogen) atoms. The summed E-state index contributed by atoms with van der Waals surface area (Å²) >= 11 is 5.22. The Labute approximate surface area is 209 Å². The van der Waals surface area contributed by atoms with Gasteiger partial charge in [0.1, 0.15) is 16.8 Å². The van der Waals surface area contributed by atoms with Crippen molar-refractivity contribution in [2.24, 2.45) is 11.8 Å². The maximum Gasteiger partial charge on any atom is 0.123 e. The minimum Gasteiger partial charge on any atom is -0.507 e. The van der Waals surface area contributed by atoms with Crippen LogP contribution in [0.15, 0.2) is 47.4 Å². The first-order valence-corrected chi connectivity index (χ1v) is 14.2. The number of aromatic hydroxyl groups is 1. The average molecular weight is 495 g/mol. The average Bonchev–Trinajstić information content (AvgIpc) is 3.46. The zero-order valence-electron chi connectivity index (χ0n) is 19.5. The van der Waals surface area contributed by atoms with Crippen LogP contribution in [0.4, 0.5) is 0 Å². The highest BCUT2D eigenvalue weighted by Gasteiger charge is 2.34. The number of allylic oxidation sites excluding steroid dienone is 1. The highest BCUT2D eigenvalue weighted by atomic mass is 32.2. The first-order valence-electron chi connectivity index (χ1n) is 11.7. The van der Waals surface area contributed by atoms with Crippen molar-refractivity contribution in [3.05, 3.63) is 58.5 Å². The van der Waals surface area contributed by atoms with Gasteiger partial charge in [-0.05, 0) is 47.6 Å². The summed E-state index contributed by atoms with van der Waals surface area (Å²) in [6, 6.07) is 10.3. The van der Waals surface area contributed by atoms with Crippen molar-refractivity contribution in [1.29, 1.82) is 0 Å². The number of hydrogen-bond acceptors (Lipinski definition) is 6. The number of rotatable bonds is 7. The van der Waals surface area contributed by atoms with Gasteiger partial charge >= 0.3 is 0 Å². The van der Waals surface area contributed by atoms with Crippen molar-refractivity contribution >= 4 is 51.2 Å². The quantitative estimate of drug-likeness (QED) is 0.359. The van der Waals surface area contributed by atoms with Gasteiger partial charge in [0.15, 0.2) is 0 Å². The van der Waals surface area contributed by atoms with Gasteiger partial charge in [-0.25, -0.2) is 0 Å². The molecular weight excluding hydrogens is 465 g/mol. The molecule has 2 atom stereocenters. The van der Waals surface area contributed by atoms with E-state index in [9.17, 15) is 5.11 Å². The summed E-state index contributed by atoms with van der Waals surface area (Å²) < 4.78 is 9.30. The van der Waals surface area contributed by atoms with Gasteiger partial charge in [-0.15, -0.1) is 23.5 Å². The summed E-state index contributed by atoms with van der Waals surface area (Å²) in [5.41, 5.74) is 5.94. The normalized spacial score (nSPS) is 20.1. The zero-order valence-corrected chi connectivity index (χ0v) is 22.0. The summed E-state index contributed by atoms with van der Waals surface area (Å²) in [5, 5.41) is 11.8. The highest BCUT2D eigenvalue weighted by molar-refractivity contribution is 8.12. The molecule has 3 aromatic rings. The van der Waals surface area contributed by atoms with E-state index in [1.807, 2.05) is 35.7 Å². The number of phenolic OH excluding ortho intramolecular Hbond substituents is 1. The second kappa shape index (κ2) is 9.47. The zero-order chi connectivity index (χ0) is 23.1. The Morgan fingerprint density at radius 3 is 2.24 bits per heavy atom. The Hall–Kier alpha value is -1.76. The Morgan fingerprint density at radius 2 is 1.55 bits per heavy atom. The van der Waals surface area contributed by atoms with Crippen molar-refractivity contribution in [2.75, 3.05) is 0 Å². The largest absolute Gasteiger partial charge is 0.507 e. The lowest BCUT2D eigenvalue weighted by molar-refractivity contribution is 0.476. The monoisotopic (exact) mass is 494 g/mol. The Kier molecular flexibility index (Phi) is 6.60. The van der Waals surface area contributed by atoms with Crippen LogP contribution < -0.4 is 0 Å². The second-order valence-electron chi connectivity index (χ2n) is 9.83. The molecule has 6 heteroatoms. The third-order valence-corrected chi connectivity index (χ3v) is 9.51. The molecular formula is C27H30N2OS3. The fraction of sp³-hybridized carbons (Fsp3) is 0.407. The van der Waals surface area contributed by atoms with Crippen molar-refractivity contribution in [1.82, 2.24) is 8.75 Å². The Morgan fingerprint density at radius 1 is 0.848 bits per heavy atom. The lowest BCUT2D eigenvalue weighted by Crippen LogP contribution is -2.04. The third-order valence-electron chi connectivity index (χ3n) is 6.19. The molecule has 0 bridgehead atoms. The number of phenols is 1. The molecule has 2 aliphatic rings. The first kappa shape index (κ1) is 23.0. The minimum atomic E-state index is 0.321. The summed E-state index contributed by atoms with van der Waals surface area (Å²) in [6.45, 7) is 9.03. The summed E-state index contributed by atoms with van der Waals surface area (Å²) in [6.07, 6.45) is 8.16. The second-order valence-corrected chi connectivity index (χ2v) is 12.9.